The van der Waals surface area contributed by atoms with Crippen molar-refractivity contribution in [1.29, 1.82) is 0 Å². The Morgan fingerprint density at radius 3 is 2.05 bits per heavy atom. The van der Waals surface area contributed by atoms with E-state index in [2.05, 4.69) is 11.5 Å². The summed E-state index contributed by atoms with van der Waals surface area (Å²) in [4.78, 5) is 10.9. The minimum atomic E-state index is -0.362. The molecule has 2 N–H and O–H groups in total. The molecular formula is C16H27N2O+. The molecule has 0 saturated heterocycles. The minimum absolute atomic E-state index is 0.362. The van der Waals surface area contributed by atoms with E-state index in [9.17, 15) is 4.79 Å². The molecule has 0 aliphatic rings. The van der Waals surface area contributed by atoms with Gasteiger partial charge in [-0.05, 0) is 6.42 Å². The zero-order valence-electron chi connectivity index (χ0n) is 12.1. The number of pyridine rings is 1. The summed E-state index contributed by atoms with van der Waals surface area (Å²) in [6.07, 6.45) is 14.5. The third-order valence-electron chi connectivity index (χ3n) is 3.45. The summed E-state index contributed by atoms with van der Waals surface area (Å²) in [5.74, 6) is -0.362. The zero-order chi connectivity index (χ0) is 13.9. The lowest BCUT2D eigenvalue weighted by atomic mass is 10.1. The Morgan fingerprint density at radius 2 is 1.53 bits per heavy atom. The topological polar surface area (TPSA) is 47.0 Å². The highest BCUT2D eigenvalue weighted by Crippen LogP contribution is 2.08. The molecule has 3 heteroatoms. The number of unbranched alkanes of at least 4 members (excludes halogenated alkanes) is 7. The number of primary amides is 1. The number of hydrogen-bond acceptors (Lipinski definition) is 1. The first kappa shape index (κ1) is 15.7. The summed E-state index contributed by atoms with van der Waals surface area (Å²) in [5.41, 5.74) is 5.78. The van der Waals surface area contributed by atoms with Gasteiger partial charge in [0.15, 0.2) is 12.4 Å². The van der Waals surface area contributed by atoms with Crippen molar-refractivity contribution in [2.24, 2.45) is 5.73 Å². The molecule has 0 unspecified atom stereocenters. The third-order valence-corrected chi connectivity index (χ3v) is 3.45. The lowest BCUT2D eigenvalue weighted by molar-refractivity contribution is -0.697. The predicted molar refractivity (Wildman–Crippen MR) is 77.8 cm³/mol. The van der Waals surface area contributed by atoms with Crippen molar-refractivity contribution in [3.8, 4) is 0 Å². The average molecular weight is 263 g/mol. The molecule has 1 heterocycles. The Hall–Kier alpha value is -1.38. The maximum atomic E-state index is 10.9. The number of amides is 1. The van der Waals surface area contributed by atoms with Crippen LogP contribution in [0.25, 0.3) is 0 Å². The molecular weight excluding hydrogens is 236 g/mol. The second-order valence-electron chi connectivity index (χ2n) is 5.16. The quantitative estimate of drug-likeness (QED) is 0.511. The van der Waals surface area contributed by atoms with Crippen LogP contribution < -0.4 is 10.3 Å². The van der Waals surface area contributed by atoms with Crippen LogP contribution in [0.5, 0.6) is 0 Å². The standard InChI is InChI=1S/C16H26N2O/c1-2-3-4-5-6-7-8-9-12-18-13-10-15(11-14-18)16(17)19/h10-11,13-14H,2-9,12H2,1H3,(H-,17,19)/p+1. The number of aryl methyl sites for hydroxylation is 1. The summed E-state index contributed by atoms with van der Waals surface area (Å²) < 4.78 is 2.11. The van der Waals surface area contributed by atoms with Gasteiger partial charge in [0.1, 0.15) is 6.54 Å². The van der Waals surface area contributed by atoms with Crippen molar-refractivity contribution in [1.82, 2.24) is 0 Å². The van der Waals surface area contributed by atoms with E-state index in [1.165, 1.54) is 51.4 Å². The van der Waals surface area contributed by atoms with Gasteiger partial charge in [-0.1, -0.05) is 45.4 Å². The number of aromatic nitrogens is 1. The zero-order valence-corrected chi connectivity index (χ0v) is 12.1. The number of nitrogens with zero attached hydrogens (tertiary/aromatic N) is 1. The molecule has 0 fully saturated rings. The second kappa shape index (κ2) is 9.54. The molecule has 0 aromatic carbocycles. The summed E-state index contributed by atoms with van der Waals surface area (Å²) in [7, 11) is 0. The molecule has 0 aliphatic heterocycles. The van der Waals surface area contributed by atoms with Gasteiger partial charge in [0.05, 0.1) is 5.56 Å². The van der Waals surface area contributed by atoms with Crippen LogP contribution in [-0.2, 0) is 6.54 Å². The van der Waals surface area contributed by atoms with E-state index in [-0.39, 0.29) is 5.91 Å². The number of carbonyl (C=O) groups excluding carboxylic acids is 1. The van der Waals surface area contributed by atoms with Gasteiger partial charge in [0.2, 0.25) is 5.91 Å². The number of nitrogens with two attached hydrogens (primary N) is 1. The summed E-state index contributed by atoms with van der Waals surface area (Å²) in [6.45, 7) is 3.27. The van der Waals surface area contributed by atoms with Crippen molar-refractivity contribution in [2.75, 3.05) is 0 Å². The smallest absolute Gasteiger partial charge is 0.249 e. The van der Waals surface area contributed by atoms with Crippen LogP contribution >= 0.6 is 0 Å². The Morgan fingerprint density at radius 1 is 1.00 bits per heavy atom. The first-order chi connectivity index (χ1) is 9.24. The Balaban J connectivity index is 2.07. The molecule has 1 aromatic rings. The molecule has 0 saturated carbocycles. The molecule has 19 heavy (non-hydrogen) atoms. The molecule has 0 spiro atoms. The van der Waals surface area contributed by atoms with Gasteiger partial charge in [-0.3, -0.25) is 4.79 Å². The largest absolute Gasteiger partial charge is 0.366 e. The summed E-state index contributed by atoms with van der Waals surface area (Å²) in [6, 6.07) is 3.57. The van der Waals surface area contributed by atoms with E-state index in [0.717, 1.165) is 6.54 Å². The van der Waals surface area contributed by atoms with Crippen molar-refractivity contribution >= 4 is 5.91 Å². The van der Waals surface area contributed by atoms with Gasteiger partial charge in [0.25, 0.3) is 0 Å². The second-order valence-corrected chi connectivity index (χ2v) is 5.16. The van der Waals surface area contributed by atoms with E-state index >= 15 is 0 Å². The SMILES string of the molecule is CCCCCCCCCC[n+]1ccc(C(N)=O)cc1. The monoisotopic (exact) mass is 263 g/mol. The van der Waals surface area contributed by atoms with Crippen LogP contribution in [0.2, 0.25) is 0 Å². The molecule has 1 amide bonds. The van der Waals surface area contributed by atoms with Crippen LogP contribution in [0.4, 0.5) is 0 Å². The molecule has 0 radical (unpaired) electrons. The molecule has 0 aliphatic carbocycles. The van der Waals surface area contributed by atoms with Gasteiger partial charge in [0, 0.05) is 18.6 Å². The van der Waals surface area contributed by atoms with E-state index < -0.39 is 0 Å². The highest BCUT2D eigenvalue weighted by molar-refractivity contribution is 5.92. The van der Waals surface area contributed by atoms with Crippen molar-refractivity contribution < 1.29 is 9.36 Å². The Kier molecular flexibility index (Phi) is 7.87. The molecule has 3 nitrogen and oxygen atoms in total. The molecule has 1 rings (SSSR count). The van der Waals surface area contributed by atoms with Crippen molar-refractivity contribution in [3.63, 3.8) is 0 Å². The van der Waals surface area contributed by atoms with Crippen LogP contribution in [0.1, 0.15) is 68.6 Å². The van der Waals surface area contributed by atoms with Gasteiger partial charge in [-0.15, -0.1) is 0 Å². The maximum absolute atomic E-state index is 10.9. The number of rotatable bonds is 10. The van der Waals surface area contributed by atoms with Gasteiger partial charge in [-0.2, -0.15) is 0 Å². The molecule has 1 aromatic heterocycles. The van der Waals surface area contributed by atoms with Crippen LogP contribution in [-0.4, -0.2) is 5.91 Å². The predicted octanol–water partition coefficient (Wildman–Crippen LogP) is 3.21. The highest BCUT2D eigenvalue weighted by Gasteiger charge is 2.04. The summed E-state index contributed by atoms with van der Waals surface area (Å²) in [5, 5.41) is 0. The van der Waals surface area contributed by atoms with E-state index in [0.29, 0.717) is 5.56 Å². The van der Waals surface area contributed by atoms with Gasteiger partial charge >= 0.3 is 0 Å². The van der Waals surface area contributed by atoms with Gasteiger partial charge < -0.3 is 5.73 Å². The lowest BCUT2D eigenvalue weighted by Crippen LogP contribution is -2.33. The Bertz CT molecular complexity index is 360. The first-order valence-electron chi connectivity index (χ1n) is 7.53. The normalized spacial score (nSPS) is 10.6. The van der Waals surface area contributed by atoms with E-state index in [1.54, 1.807) is 12.1 Å². The highest BCUT2D eigenvalue weighted by atomic mass is 16.1. The van der Waals surface area contributed by atoms with Crippen LogP contribution in [0.3, 0.4) is 0 Å². The van der Waals surface area contributed by atoms with Gasteiger partial charge in [-0.25, -0.2) is 4.57 Å². The van der Waals surface area contributed by atoms with E-state index in [1.807, 2.05) is 12.4 Å². The summed E-state index contributed by atoms with van der Waals surface area (Å²) >= 11 is 0. The lowest BCUT2D eigenvalue weighted by Gasteiger charge is -2.00. The van der Waals surface area contributed by atoms with Crippen molar-refractivity contribution in [3.05, 3.63) is 30.1 Å². The minimum Gasteiger partial charge on any atom is -0.366 e. The first-order valence-corrected chi connectivity index (χ1v) is 7.53. The van der Waals surface area contributed by atoms with Crippen LogP contribution in [0, 0.1) is 0 Å². The fourth-order valence-electron chi connectivity index (χ4n) is 2.20. The fraction of sp³-hybridized carbons (Fsp3) is 0.625. The van der Waals surface area contributed by atoms with Crippen molar-refractivity contribution in [2.45, 2.75) is 64.8 Å². The van der Waals surface area contributed by atoms with Crippen LogP contribution in [0.15, 0.2) is 24.5 Å². The van der Waals surface area contributed by atoms with E-state index in [4.69, 9.17) is 5.73 Å². The third kappa shape index (κ3) is 6.94. The molecule has 0 atom stereocenters. The maximum Gasteiger partial charge on any atom is 0.249 e. The fourth-order valence-corrected chi connectivity index (χ4v) is 2.20. The average Bonchev–Trinajstić information content (AvgIpc) is 2.42. The molecule has 106 valence electrons. The molecule has 0 bridgehead atoms. The number of carbonyl (C=O) groups is 1. The number of hydrogen-bond donors (Lipinski definition) is 1. The Labute approximate surface area is 116 Å².